The highest BCUT2D eigenvalue weighted by atomic mass is 16.4. The van der Waals surface area contributed by atoms with Crippen molar-refractivity contribution in [2.45, 2.75) is 77.5 Å². The van der Waals surface area contributed by atoms with Crippen molar-refractivity contribution in [3.05, 3.63) is 54.1 Å². The third-order valence-electron chi connectivity index (χ3n) is 5.91. The van der Waals surface area contributed by atoms with Crippen LogP contribution in [0.3, 0.4) is 0 Å². The number of aromatic nitrogens is 2. The molecule has 1 aromatic carbocycles. The Morgan fingerprint density at radius 1 is 0.842 bits per heavy atom. The molecule has 1 aromatic heterocycles. The molecule has 0 saturated heterocycles. The van der Waals surface area contributed by atoms with Crippen LogP contribution >= 0.6 is 0 Å². The summed E-state index contributed by atoms with van der Waals surface area (Å²) in [5.74, 6) is -2.63. The molecule has 11 heteroatoms. The molecule has 7 N–H and O–H groups in total. The Kier molecular flexibility index (Phi) is 11.9. The SMILES string of the molecule is CC(C)CC(N)C(=O)NC(Cc1ccccc1)C(=O)NC(CC(C)C)C(=O)NC(Cc1cnc[nH]1)C(=O)O. The Hall–Kier alpha value is -3.73. The Bertz CT molecular complexity index is 1040. The largest absolute Gasteiger partial charge is 0.480 e. The monoisotopic (exact) mass is 528 g/mol. The summed E-state index contributed by atoms with van der Waals surface area (Å²) < 4.78 is 0. The Morgan fingerprint density at radius 2 is 1.42 bits per heavy atom. The highest BCUT2D eigenvalue weighted by Gasteiger charge is 2.31. The maximum absolute atomic E-state index is 13.4. The lowest BCUT2D eigenvalue weighted by Crippen LogP contribution is -2.58. The molecule has 0 bridgehead atoms. The Balaban J connectivity index is 2.20. The van der Waals surface area contributed by atoms with Gasteiger partial charge in [-0.1, -0.05) is 58.0 Å². The summed E-state index contributed by atoms with van der Waals surface area (Å²) in [7, 11) is 0. The maximum Gasteiger partial charge on any atom is 0.326 e. The van der Waals surface area contributed by atoms with Crippen molar-refractivity contribution >= 4 is 23.7 Å². The van der Waals surface area contributed by atoms with Crippen molar-refractivity contribution in [3.63, 3.8) is 0 Å². The molecule has 0 fully saturated rings. The van der Waals surface area contributed by atoms with Gasteiger partial charge < -0.3 is 31.8 Å². The standard InChI is InChI=1S/C27H40N6O5/c1-16(2)10-20(28)24(34)31-22(12-18-8-6-5-7-9-18)26(36)32-21(11-17(3)4)25(35)33-23(27(37)38)13-19-14-29-15-30-19/h5-9,14-17,20-23H,10-13,28H2,1-4H3,(H,29,30)(H,31,34)(H,32,36)(H,33,35)(H,37,38). The fraction of sp³-hybridized carbons (Fsp3) is 0.519. The average molecular weight is 529 g/mol. The predicted octanol–water partition coefficient (Wildman–Crippen LogP) is 1.15. The van der Waals surface area contributed by atoms with Gasteiger partial charge in [0.05, 0.1) is 12.4 Å². The molecule has 208 valence electrons. The highest BCUT2D eigenvalue weighted by molar-refractivity contribution is 5.94. The minimum Gasteiger partial charge on any atom is -0.480 e. The van der Waals surface area contributed by atoms with E-state index in [2.05, 4.69) is 25.9 Å². The van der Waals surface area contributed by atoms with Crippen LogP contribution in [0.2, 0.25) is 0 Å². The molecule has 3 amide bonds. The van der Waals surface area contributed by atoms with E-state index < -0.39 is 47.9 Å². The Morgan fingerprint density at radius 3 is 1.97 bits per heavy atom. The number of imidazole rings is 1. The molecule has 4 unspecified atom stereocenters. The summed E-state index contributed by atoms with van der Waals surface area (Å²) in [6, 6.07) is 5.20. The maximum atomic E-state index is 13.4. The second kappa shape index (κ2) is 14.9. The number of carboxylic acid groups (broad SMARTS) is 1. The number of hydrogen-bond donors (Lipinski definition) is 6. The number of nitrogens with two attached hydrogens (primary N) is 1. The van der Waals surface area contributed by atoms with E-state index in [4.69, 9.17) is 5.73 Å². The van der Waals surface area contributed by atoms with E-state index in [0.29, 0.717) is 12.1 Å². The molecule has 0 aliphatic rings. The molecule has 2 rings (SSSR count). The lowest BCUT2D eigenvalue weighted by molar-refractivity contribution is -0.142. The zero-order chi connectivity index (χ0) is 28.2. The zero-order valence-electron chi connectivity index (χ0n) is 22.4. The molecule has 1 heterocycles. The van der Waals surface area contributed by atoms with E-state index in [1.54, 1.807) is 0 Å². The third kappa shape index (κ3) is 10.3. The summed E-state index contributed by atoms with van der Waals surface area (Å²) >= 11 is 0. The lowest BCUT2D eigenvalue weighted by Gasteiger charge is -2.26. The van der Waals surface area contributed by atoms with Gasteiger partial charge in [-0.15, -0.1) is 0 Å². The number of benzene rings is 1. The number of nitrogens with zero attached hydrogens (tertiary/aromatic N) is 1. The van der Waals surface area contributed by atoms with Gasteiger partial charge in [-0.05, 0) is 30.2 Å². The van der Waals surface area contributed by atoms with Gasteiger partial charge in [0, 0.05) is 24.7 Å². The predicted molar refractivity (Wildman–Crippen MR) is 143 cm³/mol. The van der Waals surface area contributed by atoms with E-state index in [1.807, 2.05) is 58.0 Å². The van der Waals surface area contributed by atoms with E-state index in [-0.39, 0.29) is 31.1 Å². The van der Waals surface area contributed by atoms with E-state index in [0.717, 1.165) is 5.56 Å². The van der Waals surface area contributed by atoms with Crippen molar-refractivity contribution in [2.24, 2.45) is 17.6 Å². The minimum atomic E-state index is -1.22. The zero-order valence-corrected chi connectivity index (χ0v) is 22.4. The van der Waals surface area contributed by atoms with E-state index in [9.17, 15) is 24.3 Å². The van der Waals surface area contributed by atoms with Crippen molar-refractivity contribution < 1.29 is 24.3 Å². The van der Waals surface area contributed by atoms with Gasteiger partial charge in [0.2, 0.25) is 17.7 Å². The molecule has 0 saturated carbocycles. The number of rotatable bonds is 15. The molecule has 38 heavy (non-hydrogen) atoms. The van der Waals surface area contributed by atoms with Gasteiger partial charge in [0.15, 0.2) is 0 Å². The smallest absolute Gasteiger partial charge is 0.326 e. The lowest BCUT2D eigenvalue weighted by atomic mass is 9.99. The Labute approximate surface area is 223 Å². The van der Waals surface area contributed by atoms with Gasteiger partial charge in [0.25, 0.3) is 0 Å². The number of amides is 3. The average Bonchev–Trinajstić information content (AvgIpc) is 3.35. The number of carbonyl (C=O) groups excluding carboxylic acids is 3. The number of nitrogens with one attached hydrogen (secondary N) is 4. The van der Waals surface area contributed by atoms with Crippen molar-refractivity contribution in [1.82, 2.24) is 25.9 Å². The van der Waals surface area contributed by atoms with Crippen molar-refractivity contribution in [2.75, 3.05) is 0 Å². The normalized spacial score (nSPS) is 14.4. The quantitative estimate of drug-likeness (QED) is 0.201. The molecular weight excluding hydrogens is 488 g/mol. The number of aliphatic carboxylic acids is 1. The molecular formula is C27H40N6O5. The van der Waals surface area contributed by atoms with Crippen molar-refractivity contribution in [3.8, 4) is 0 Å². The summed E-state index contributed by atoms with van der Waals surface area (Å²) in [4.78, 5) is 57.9. The first-order valence-electron chi connectivity index (χ1n) is 12.9. The van der Waals surface area contributed by atoms with Crippen LogP contribution in [0.25, 0.3) is 0 Å². The van der Waals surface area contributed by atoms with Crippen LogP contribution in [-0.4, -0.2) is 62.9 Å². The van der Waals surface area contributed by atoms with Crippen LogP contribution in [0, 0.1) is 11.8 Å². The van der Waals surface area contributed by atoms with Crippen LogP contribution < -0.4 is 21.7 Å². The topological polar surface area (TPSA) is 179 Å². The number of H-pyrrole nitrogens is 1. The fourth-order valence-corrected chi connectivity index (χ4v) is 4.02. The molecule has 0 aliphatic heterocycles. The summed E-state index contributed by atoms with van der Waals surface area (Å²) in [6.45, 7) is 7.68. The molecule has 0 spiro atoms. The first-order valence-corrected chi connectivity index (χ1v) is 12.9. The van der Waals surface area contributed by atoms with Gasteiger partial charge in [0.1, 0.15) is 18.1 Å². The molecule has 2 aromatic rings. The summed E-state index contributed by atoms with van der Waals surface area (Å²) in [6.07, 6.45) is 3.83. The second-order valence-electron chi connectivity index (χ2n) is 10.4. The van der Waals surface area contributed by atoms with Crippen LogP contribution in [0.15, 0.2) is 42.9 Å². The number of carboxylic acids is 1. The van der Waals surface area contributed by atoms with E-state index in [1.165, 1.54) is 12.5 Å². The number of hydrogen-bond acceptors (Lipinski definition) is 6. The minimum absolute atomic E-state index is 0.00382. The number of aromatic amines is 1. The molecule has 4 atom stereocenters. The molecule has 0 aliphatic carbocycles. The summed E-state index contributed by atoms with van der Waals surface area (Å²) in [5, 5.41) is 17.6. The summed E-state index contributed by atoms with van der Waals surface area (Å²) in [5.41, 5.74) is 7.41. The van der Waals surface area contributed by atoms with Gasteiger partial charge in [-0.2, -0.15) is 0 Å². The van der Waals surface area contributed by atoms with Crippen LogP contribution in [-0.2, 0) is 32.0 Å². The van der Waals surface area contributed by atoms with Crippen molar-refractivity contribution in [1.29, 1.82) is 0 Å². The number of carbonyl (C=O) groups is 4. The highest BCUT2D eigenvalue weighted by Crippen LogP contribution is 2.10. The van der Waals surface area contributed by atoms with E-state index >= 15 is 0 Å². The second-order valence-corrected chi connectivity index (χ2v) is 10.4. The fourth-order valence-electron chi connectivity index (χ4n) is 4.02. The van der Waals surface area contributed by atoms with Gasteiger partial charge in [-0.3, -0.25) is 14.4 Å². The third-order valence-corrected chi connectivity index (χ3v) is 5.91. The van der Waals surface area contributed by atoms with Crippen LogP contribution in [0.4, 0.5) is 0 Å². The van der Waals surface area contributed by atoms with Crippen LogP contribution in [0.1, 0.15) is 51.8 Å². The van der Waals surface area contributed by atoms with Gasteiger partial charge >= 0.3 is 5.97 Å². The van der Waals surface area contributed by atoms with Gasteiger partial charge in [-0.25, -0.2) is 9.78 Å². The first kappa shape index (κ1) is 30.5. The van der Waals surface area contributed by atoms with Crippen LogP contribution in [0.5, 0.6) is 0 Å². The first-order chi connectivity index (χ1) is 18.0. The molecule has 11 nitrogen and oxygen atoms in total. The molecule has 0 radical (unpaired) electrons.